The van der Waals surface area contributed by atoms with Gasteiger partial charge < -0.3 is 10.4 Å². The number of hydrogen-bond acceptors (Lipinski definition) is 4. The molecule has 2 N–H and O–H groups in total. The van der Waals surface area contributed by atoms with Gasteiger partial charge in [-0.2, -0.15) is 0 Å². The number of nitrogens with one attached hydrogen (secondary N) is 1. The molecule has 0 spiro atoms. The van der Waals surface area contributed by atoms with Crippen LogP contribution >= 0.6 is 0 Å². The number of hydrogen-bond donors (Lipinski definition) is 2. The van der Waals surface area contributed by atoms with E-state index >= 15 is 0 Å². The van der Waals surface area contributed by atoms with Crippen molar-refractivity contribution in [2.24, 2.45) is 0 Å². The van der Waals surface area contributed by atoms with Crippen LogP contribution in [0.1, 0.15) is 29.6 Å². The molecular weight excluding hydrogens is 255 g/mol. The van der Waals surface area contributed by atoms with Gasteiger partial charge in [0.15, 0.2) is 0 Å². The molecule has 1 fully saturated rings. The average molecular weight is 268 g/mol. The van der Waals surface area contributed by atoms with Gasteiger partial charge in [0.1, 0.15) is 5.82 Å². The van der Waals surface area contributed by atoms with E-state index < -0.39 is 27.9 Å². The first kappa shape index (κ1) is 13.4. The topological polar surface area (TPSA) is 92.5 Å². The zero-order valence-corrected chi connectivity index (χ0v) is 10.1. The van der Waals surface area contributed by atoms with Gasteiger partial charge >= 0.3 is 0 Å². The van der Waals surface area contributed by atoms with Gasteiger partial charge in [0, 0.05) is 18.2 Å². The number of amides is 1. The maximum atomic E-state index is 13.2. The Hall–Kier alpha value is -2.02. The minimum atomic E-state index is -0.894. The minimum Gasteiger partial charge on any atom is -0.388 e. The fourth-order valence-corrected chi connectivity index (χ4v) is 1.92. The Morgan fingerprint density at radius 3 is 2.68 bits per heavy atom. The SMILES string of the molecule is O=C(NCC1(O)CCC1)c1cc(F)cc([N+](=O)[O-])c1. The molecule has 0 unspecified atom stereocenters. The summed E-state index contributed by atoms with van der Waals surface area (Å²) < 4.78 is 13.2. The monoisotopic (exact) mass is 268 g/mol. The predicted octanol–water partition coefficient (Wildman–Crippen LogP) is 1.38. The van der Waals surface area contributed by atoms with Crippen molar-refractivity contribution in [1.29, 1.82) is 0 Å². The van der Waals surface area contributed by atoms with E-state index in [1.165, 1.54) is 0 Å². The van der Waals surface area contributed by atoms with Gasteiger partial charge in [-0.1, -0.05) is 0 Å². The van der Waals surface area contributed by atoms with E-state index in [1.807, 2.05) is 0 Å². The normalized spacial score (nSPS) is 16.5. The summed E-state index contributed by atoms with van der Waals surface area (Å²) in [6.07, 6.45) is 2.12. The molecule has 19 heavy (non-hydrogen) atoms. The van der Waals surface area contributed by atoms with Crippen molar-refractivity contribution in [3.63, 3.8) is 0 Å². The summed E-state index contributed by atoms with van der Waals surface area (Å²) in [5.74, 6) is -1.48. The molecule has 0 bridgehead atoms. The number of nitrogens with zero attached hydrogens (tertiary/aromatic N) is 1. The van der Waals surface area contributed by atoms with Crippen LogP contribution in [-0.2, 0) is 0 Å². The van der Waals surface area contributed by atoms with Crippen LogP contribution in [0.25, 0.3) is 0 Å². The third kappa shape index (κ3) is 3.05. The molecule has 0 aliphatic heterocycles. The quantitative estimate of drug-likeness (QED) is 0.637. The number of rotatable bonds is 4. The minimum absolute atomic E-state index is 0.0656. The van der Waals surface area contributed by atoms with Crippen LogP contribution in [0, 0.1) is 15.9 Å². The number of nitro benzene ring substituents is 1. The molecule has 1 aromatic rings. The Kier molecular flexibility index (Phi) is 3.48. The number of halogens is 1. The third-order valence-electron chi connectivity index (χ3n) is 3.22. The first-order valence-electron chi connectivity index (χ1n) is 5.85. The molecule has 2 rings (SSSR count). The zero-order valence-electron chi connectivity index (χ0n) is 10.1. The summed E-state index contributed by atoms with van der Waals surface area (Å²) in [5.41, 5.74) is -1.50. The van der Waals surface area contributed by atoms with Crippen molar-refractivity contribution >= 4 is 11.6 Å². The molecule has 102 valence electrons. The van der Waals surface area contributed by atoms with Crippen molar-refractivity contribution in [2.45, 2.75) is 24.9 Å². The second-order valence-corrected chi connectivity index (χ2v) is 4.72. The molecule has 0 atom stereocenters. The zero-order chi connectivity index (χ0) is 14.0. The van der Waals surface area contributed by atoms with Crippen LogP contribution in [-0.4, -0.2) is 28.1 Å². The Morgan fingerprint density at radius 2 is 2.16 bits per heavy atom. The maximum Gasteiger partial charge on any atom is 0.273 e. The average Bonchev–Trinajstić information content (AvgIpc) is 2.32. The van der Waals surface area contributed by atoms with Gasteiger partial charge in [0.25, 0.3) is 11.6 Å². The van der Waals surface area contributed by atoms with Gasteiger partial charge in [0.05, 0.1) is 16.6 Å². The van der Waals surface area contributed by atoms with Gasteiger partial charge in [-0.3, -0.25) is 14.9 Å². The highest BCUT2D eigenvalue weighted by atomic mass is 19.1. The Bertz CT molecular complexity index is 528. The van der Waals surface area contributed by atoms with E-state index in [0.717, 1.165) is 24.6 Å². The fraction of sp³-hybridized carbons (Fsp3) is 0.417. The summed E-state index contributed by atoms with van der Waals surface area (Å²) in [7, 11) is 0. The summed E-state index contributed by atoms with van der Waals surface area (Å²) in [5, 5.41) is 22.8. The van der Waals surface area contributed by atoms with Crippen LogP contribution in [0.4, 0.5) is 10.1 Å². The number of carbonyl (C=O) groups is 1. The molecule has 6 nitrogen and oxygen atoms in total. The van der Waals surface area contributed by atoms with Gasteiger partial charge in [-0.25, -0.2) is 4.39 Å². The lowest BCUT2D eigenvalue weighted by Crippen LogP contribution is -2.47. The van der Waals surface area contributed by atoms with Crippen LogP contribution in [0.3, 0.4) is 0 Å². The lowest BCUT2D eigenvalue weighted by molar-refractivity contribution is -0.385. The summed E-state index contributed by atoms with van der Waals surface area (Å²) in [6, 6.07) is 2.67. The van der Waals surface area contributed by atoms with E-state index in [1.54, 1.807) is 0 Å². The number of carbonyl (C=O) groups excluding carboxylic acids is 1. The second kappa shape index (κ2) is 4.93. The largest absolute Gasteiger partial charge is 0.388 e. The number of non-ortho nitro benzene ring substituents is 1. The van der Waals surface area contributed by atoms with E-state index in [0.29, 0.717) is 12.8 Å². The first-order valence-corrected chi connectivity index (χ1v) is 5.85. The van der Waals surface area contributed by atoms with E-state index in [2.05, 4.69) is 5.32 Å². The van der Waals surface area contributed by atoms with Gasteiger partial charge in [-0.05, 0) is 25.3 Å². The van der Waals surface area contributed by atoms with Crippen LogP contribution < -0.4 is 5.32 Å². The molecule has 1 aliphatic rings. The highest BCUT2D eigenvalue weighted by molar-refractivity contribution is 5.94. The molecule has 0 radical (unpaired) electrons. The predicted molar refractivity (Wildman–Crippen MR) is 64.2 cm³/mol. The maximum absolute atomic E-state index is 13.2. The molecule has 7 heteroatoms. The third-order valence-corrected chi connectivity index (χ3v) is 3.22. The fourth-order valence-electron chi connectivity index (χ4n) is 1.92. The van der Waals surface area contributed by atoms with Gasteiger partial charge in [-0.15, -0.1) is 0 Å². The van der Waals surface area contributed by atoms with Crippen molar-refractivity contribution in [3.05, 3.63) is 39.7 Å². The number of aliphatic hydroxyl groups is 1. The van der Waals surface area contributed by atoms with Crippen LogP contribution in [0.2, 0.25) is 0 Å². The molecule has 1 aliphatic carbocycles. The lowest BCUT2D eigenvalue weighted by Gasteiger charge is -2.36. The van der Waals surface area contributed by atoms with Crippen molar-refractivity contribution < 1.29 is 19.2 Å². The highest BCUT2D eigenvalue weighted by Crippen LogP contribution is 2.30. The smallest absolute Gasteiger partial charge is 0.273 e. The van der Waals surface area contributed by atoms with E-state index in [-0.39, 0.29) is 12.1 Å². The Morgan fingerprint density at radius 1 is 1.47 bits per heavy atom. The molecule has 0 aromatic heterocycles. The Labute approximate surface area is 108 Å². The molecular formula is C12H13FN2O4. The molecule has 0 heterocycles. The van der Waals surface area contributed by atoms with Gasteiger partial charge in [0.2, 0.25) is 0 Å². The lowest BCUT2D eigenvalue weighted by atomic mass is 9.80. The number of benzene rings is 1. The highest BCUT2D eigenvalue weighted by Gasteiger charge is 2.34. The molecule has 1 amide bonds. The molecule has 0 saturated heterocycles. The van der Waals surface area contributed by atoms with Crippen LogP contribution in [0.5, 0.6) is 0 Å². The first-order chi connectivity index (χ1) is 8.89. The van der Waals surface area contributed by atoms with Crippen LogP contribution in [0.15, 0.2) is 18.2 Å². The Balaban J connectivity index is 2.08. The van der Waals surface area contributed by atoms with E-state index in [9.17, 15) is 24.4 Å². The van der Waals surface area contributed by atoms with Crippen molar-refractivity contribution in [3.8, 4) is 0 Å². The van der Waals surface area contributed by atoms with Crippen molar-refractivity contribution in [1.82, 2.24) is 5.32 Å². The summed E-state index contributed by atoms with van der Waals surface area (Å²) in [4.78, 5) is 21.6. The van der Waals surface area contributed by atoms with E-state index in [4.69, 9.17) is 0 Å². The summed E-state index contributed by atoms with van der Waals surface area (Å²) >= 11 is 0. The van der Waals surface area contributed by atoms with Crippen molar-refractivity contribution in [2.75, 3.05) is 6.54 Å². The standard InChI is InChI=1S/C12H13FN2O4/c13-9-4-8(5-10(6-9)15(18)19)11(16)14-7-12(17)2-1-3-12/h4-6,17H,1-3,7H2,(H,14,16). The molecule has 1 saturated carbocycles. The second-order valence-electron chi connectivity index (χ2n) is 4.72. The summed E-state index contributed by atoms with van der Waals surface area (Å²) in [6.45, 7) is 0.0656. The molecule has 1 aromatic carbocycles. The number of nitro groups is 1.